The first-order valence-corrected chi connectivity index (χ1v) is 6.33. The number of anilines is 1. The summed E-state index contributed by atoms with van der Waals surface area (Å²) < 4.78 is 0. The Hall–Kier alpha value is -1.02. The summed E-state index contributed by atoms with van der Waals surface area (Å²) in [6, 6.07) is 8.12. The Bertz CT molecular complexity index is 354. The molecule has 0 saturated heterocycles. The second-order valence-electron chi connectivity index (χ2n) is 5.90. The molecule has 0 aromatic heterocycles. The molecule has 0 radical (unpaired) electrons. The lowest BCUT2D eigenvalue weighted by atomic mass is 9.95. The first kappa shape index (κ1) is 14.0. The zero-order valence-corrected chi connectivity index (χ0v) is 11.7. The molecule has 0 aliphatic carbocycles. The van der Waals surface area contributed by atoms with E-state index in [0.29, 0.717) is 0 Å². The normalized spacial score (nSPS) is 13.5. The molecule has 1 N–H and O–H groups in total. The molecule has 0 fully saturated rings. The van der Waals surface area contributed by atoms with Crippen molar-refractivity contribution in [3.63, 3.8) is 0 Å². The van der Waals surface area contributed by atoms with E-state index >= 15 is 0 Å². The summed E-state index contributed by atoms with van der Waals surface area (Å²) >= 11 is 0. The third-order valence-electron chi connectivity index (χ3n) is 2.81. The van der Waals surface area contributed by atoms with E-state index in [1.54, 1.807) is 0 Å². The number of hydrogen-bond donors (Lipinski definition) is 1. The fourth-order valence-electron chi connectivity index (χ4n) is 2.13. The molecular formula is C15H25NO. The minimum atomic E-state index is -0.367. The molecule has 0 aliphatic heterocycles. The van der Waals surface area contributed by atoms with Gasteiger partial charge in [0.25, 0.3) is 0 Å². The van der Waals surface area contributed by atoms with Crippen molar-refractivity contribution in [2.75, 3.05) is 18.5 Å². The Labute approximate surface area is 105 Å². The summed E-state index contributed by atoms with van der Waals surface area (Å²) in [4.78, 5) is 2.23. The van der Waals surface area contributed by atoms with Crippen LogP contribution in [0, 0.1) is 5.41 Å². The summed E-state index contributed by atoms with van der Waals surface area (Å²) in [7, 11) is 2.09. The molecule has 2 heteroatoms. The van der Waals surface area contributed by atoms with Gasteiger partial charge in [-0.25, -0.2) is 0 Å². The highest BCUT2D eigenvalue weighted by molar-refractivity contribution is 5.54. The van der Waals surface area contributed by atoms with Crippen molar-refractivity contribution in [2.24, 2.45) is 5.41 Å². The summed E-state index contributed by atoms with van der Waals surface area (Å²) in [6.07, 6.45) is 0.383. The molecule has 1 unspecified atom stereocenters. The van der Waals surface area contributed by atoms with Gasteiger partial charge in [-0.05, 0) is 17.9 Å². The fraction of sp³-hybridized carbons (Fsp3) is 0.600. The van der Waals surface area contributed by atoms with Gasteiger partial charge >= 0.3 is 0 Å². The van der Waals surface area contributed by atoms with Gasteiger partial charge in [0, 0.05) is 24.8 Å². The van der Waals surface area contributed by atoms with Gasteiger partial charge in [0.15, 0.2) is 0 Å². The first-order valence-electron chi connectivity index (χ1n) is 6.33. The minimum absolute atomic E-state index is 0.249. The second-order valence-corrected chi connectivity index (χ2v) is 5.90. The topological polar surface area (TPSA) is 23.5 Å². The maximum atomic E-state index is 10.0. The van der Waals surface area contributed by atoms with Gasteiger partial charge in [0.2, 0.25) is 0 Å². The van der Waals surface area contributed by atoms with Gasteiger partial charge in [0.05, 0.1) is 6.10 Å². The second kappa shape index (κ2) is 5.54. The average Bonchev–Trinajstić information content (AvgIpc) is 2.25. The van der Waals surface area contributed by atoms with E-state index in [0.717, 1.165) is 24.2 Å². The average molecular weight is 235 g/mol. The number of hydrogen-bond acceptors (Lipinski definition) is 2. The smallest absolute Gasteiger partial charge is 0.0807 e. The van der Waals surface area contributed by atoms with Gasteiger partial charge < -0.3 is 10.0 Å². The van der Waals surface area contributed by atoms with Gasteiger partial charge in [0.1, 0.15) is 0 Å². The lowest BCUT2D eigenvalue weighted by molar-refractivity contribution is 0.174. The van der Waals surface area contributed by atoms with Crippen LogP contribution in [-0.4, -0.2) is 18.7 Å². The first-order chi connectivity index (χ1) is 7.85. The van der Waals surface area contributed by atoms with E-state index in [9.17, 15) is 5.11 Å². The quantitative estimate of drug-likeness (QED) is 0.861. The van der Waals surface area contributed by atoms with E-state index in [1.165, 1.54) is 0 Å². The molecule has 1 atom stereocenters. The van der Waals surface area contributed by atoms with Crippen LogP contribution in [0.25, 0.3) is 0 Å². The van der Waals surface area contributed by atoms with Crippen LogP contribution in [0.1, 0.15) is 45.8 Å². The Morgan fingerprint density at radius 3 is 2.35 bits per heavy atom. The van der Waals surface area contributed by atoms with Crippen LogP contribution in [0.3, 0.4) is 0 Å². The molecule has 0 spiro atoms. The molecular weight excluding hydrogens is 210 g/mol. The lowest BCUT2D eigenvalue weighted by Crippen LogP contribution is -2.30. The number of rotatable bonds is 4. The number of benzene rings is 1. The summed E-state index contributed by atoms with van der Waals surface area (Å²) in [5, 5.41) is 10.0. The molecule has 0 amide bonds. The Balaban J connectivity index is 2.97. The van der Waals surface area contributed by atoms with Crippen molar-refractivity contribution < 1.29 is 5.11 Å². The number of nitrogens with zero attached hydrogens (tertiary/aromatic N) is 1. The van der Waals surface area contributed by atoms with Crippen LogP contribution in [0.2, 0.25) is 0 Å². The molecule has 0 heterocycles. The maximum Gasteiger partial charge on any atom is 0.0807 e. The van der Waals surface area contributed by atoms with Crippen LogP contribution < -0.4 is 4.90 Å². The van der Waals surface area contributed by atoms with Crippen LogP contribution in [-0.2, 0) is 0 Å². The van der Waals surface area contributed by atoms with Crippen molar-refractivity contribution in [2.45, 2.75) is 40.2 Å². The van der Waals surface area contributed by atoms with Gasteiger partial charge in [-0.1, -0.05) is 45.9 Å². The van der Waals surface area contributed by atoms with Gasteiger partial charge in [-0.3, -0.25) is 0 Å². The van der Waals surface area contributed by atoms with Crippen molar-refractivity contribution in [3.05, 3.63) is 29.8 Å². The van der Waals surface area contributed by atoms with Gasteiger partial charge in [-0.2, -0.15) is 0 Å². The Kier molecular flexibility index (Phi) is 4.58. The van der Waals surface area contributed by atoms with Crippen LogP contribution >= 0.6 is 0 Å². The third-order valence-corrected chi connectivity index (χ3v) is 2.81. The zero-order chi connectivity index (χ0) is 13.1. The predicted molar refractivity (Wildman–Crippen MR) is 74.4 cm³/mol. The number of aliphatic hydroxyl groups excluding tert-OH is 1. The SMILES string of the molecule is CCC(O)c1ccccc1N(C)CC(C)(C)C. The van der Waals surface area contributed by atoms with E-state index in [-0.39, 0.29) is 11.5 Å². The van der Waals surface area contributed by atoms with Gasteiger partial charge in [-0.15, -0.1) is 0 Å². The molecule has 0 aliphatic rings. The van der Waals surface area contributed by atoms with Crippen molar-refractivity contribution in [1.82, 2.24) is 0 Å². The summed E-state index contributed by atoms with van der Waals surface area (Å²) in [6.45, 7) is 9.65. The Morgan fingerprint density at radius 1 is 1.24 bits per heavy atom. The van der Waals surface area contributed by atoms with Crippen LogP contribution in [0.15, 0.2) is 24.3 Å². The van der Waals surface area contributed by atoms with E-state index in [2.05, 4.69) is 38.8 Å². The summed E-state index contributed by atoms with van der Waals surface area (Å²) in [5.41, 5.74) is 2.41. The fourth-order valence-corrected chi connectivity index (χ4v) is 2.13. The predicted octanol–water partition coefficient (Wildman–Crippen LogP) is 3.61. The van der Waals surface area contributed by atoms with Crippen molar-refractivity contribution in [3.8, 4) is 0 Å². The van der Waals surface area contributed by atoms with E-state index in [1.807, 2.05) is 25.1 Å². The molecule has 1 rings (SSSR count). The highest BCUT2D eigenvalue weighted by Crippen LogP contribution is 2.29. The summed E-state index contributed by atoms with van der Waals surface area (Å²) in [5.74, 6) is 0. The largest absolute Gasteiger partial charge is 0.388 e. The van der Waals surface area contributed by atoms with E-state index < -0.39 is 0 Å². The molecule has 2 nitrogen and oxygen atoms in total. The molecule has 1 aromatic rings. The molecule has 0 bridgehead atoms. The zero-order valence-electron chi connectivity index (χ0n) is 11.7. The van der Waals surface area contributed by atoms with Crippen molar-refractivity contribution >= 4 is 5.69 Å². The highest BCUT2D eigenvalue weighted by atomic mass is 16.3. The standard InChI is InChI=1S/C15H25NO/c1-6-14(17)12-9-7-8-10-13(12)16(5)11-15(2,3)4/h7-10,14,17H,6,11H2,1-5H3. The molecule has 1 aromatic carbocycles. The monoisotopic (exact) mass is 235 g/mol. The van der Waals surface area contributed by atoms with Crippen molar-refractivity contribution in [1.29, 1.82) is 0 Å². The molecule has 17 heavy (non-hydrogen) atoms. The Morgan fingerprint density at radius 2 is 1.82 bits per heavy atom. The number of para-hydroxylation sites is 1. The van der Waals surface area contributed by atoms with Crippen LogP contribution in [0.5, 0.6) is 0 Å². The highest BCUT2D eigenvalue weighted by Gasteiger charge is 2.17. The molecule has 96 valence electrons. The molecule has 0 saturated carbocycles. The number of aliphatic hydroxyl groups is 1. The maximum absolute atomic E-state index is 10.0. The third kappa shape index (κ3) is 4.04. The van der Waals surface area contributed by atoms with Crippen LogP contribution in [0.4, 0.5) is 5.69 Å². The minimum Gasteiger partial charge on any atom is -0.388 e. The van der Waals surface area contributed by atoms with E-state index in [4.69, 9.17) is 0 Å². The lowest BCUT2D eigenvalue weighted by Gasteiger charge is -2.30.